The van der Waals surface area contributed by atoms with Gasteiger partial charge in [0.15, 0.2) is 5.60 Å². The van der Waals surface area contributed by atoms with Crippen molar-refractivity contribution in [2.75, 3.05) is 20.2 Å². The second-order valence-electron chi connectivity index (χ2n) is 6.63. The summed E-state index contributed by atoms with van der Waals surface area (Å²) in [5.74, 6) is 1.49. The lowest BCUT2D eigenvalue weighted by Crippen LogP contribution is -2.43. The van der Waals surface area contributed by atoms with Gasteiger partial charge in [0.1, 0.15) is 5.60 Å². The minimum atomic E-state index is -1.04. The van der Waals surface area contributed by atoms with Gasteiger partial charge < -0.3 is 19.7 Å². The van der Waals surface area contributed by atoms with Gasteiger partial charge in [-0.1, -0.05) is 18.5 Å². The van der Waals surface area contributed by atoms with Crippen LogP contribution in [0.2, 0.25) is 0 Å². The first-order chi connectivity index (χ1) is 10.1. The zero-order chi connectivity index (χ0) is 14.9. The summed E-state index contributed by atoms with van der Waals surface area (Å²) in [4.78, 5) is 4.51. The van der Waals surface area contributed by atoms with Crippen LogP contribution in [0.25, 0.3) is 0 Å². The van der Waals surface area contributed by atoms with Crippen molar-refractivity contribution in [2.45, 2.75) is 56.7 Å². The largest absolute Gasteiger partial charge is 0.379 e. The lowest BCUT2D eigenvalue weighted by Gasteiger charge is -2.36. The highest BCUT2D eigenvalue weighted by atomic mass is 16.5. The number of hydrogen-bond donors (Lipinski definition) is 2. The molecule has 1 saturated heterocycles. The molecule has 6 nitrogen and oxygen atoms in total. The second kappa shape index (κ2) is 5.66. The standard InChI is InChI=1S/C15H25N3O3/c1-11-5-3-7-15(9-11,20-2)12-17-13(21-18-12)14(19)6-4-8-16-10-14/h11,16,19H,3-10H2,1-2H3. The molecule has 3 atom stereocenters. The molecule has 1 aromatic heterocycles. The van der Waals surface area contributed by atoms with E-state index in [-0.39, 0.29) is 0 Å². The lowest BCUT2D eigenvalue weighted by molar-refractivity contribution is -0.0658. The van der Waals surface area contributed by atoms with E-state index in [2.05, 4.69) is 22.4 Å². The summed E-state index contributed by atoms with van der Waals surface area (Å²) < 4.78 is 11.2. The third kappa shape index (κ3) is 2.72. The molecule has 0 amide bonds. The summed E-state index contributed by atoms with van der Waals surface area (Å²) >= 11 is 0. The summed E-state index contributed by atoms with van der Waals surface area (Å²) in [7, 11) is 1.71. The molecule has 0 aromatic carbocycles. The normalized spacial score (nSPS) is 37.6. The number of piperidine rings is 1. The Morgan fingerprint density at radius 2 is 2.24 bits per heavy atom. The van der Waals surface area contributed by atoms with Crippen LogP contribution in [0.5, 0.6) is 0 Å². The first-order valence-corrected chi connectivity index (χ1v) is 7.91. The highest BCUT2D eigenvalue weighted by molar-refractivity contribution is 5.08. The van der Waals surface area contributed by atoms with E-state index >= 15 is 0 Å². The fourth-order valence-electron chi connectivity index (χ4n) is 3.65. The molecule has 3 unspecified atom stereocenters. The Morgan fingerprint density at radius 1 is 1.38 bits per heavy atom. The van der Waals surface area contributed by atoms with Crippen LogP contribution in [0.15, 0.2) is 4.52 Å². The summed E-state index contributed by atoms with van der Waals surface area (Å²) in [6, 6.07) is 0. The summed E-state index contributed by atoms with van der Waals surface area (Å²) in [6.07, 6.45) is 5.68. The average Bonchev–Trinajstić information content (AvgIpc) is 2.99. The van der Waals surface area contributed by atoms with Crippen LogP contribution in [0.1, 0.15) is 57.2 Å². The highest BCUT2D eigenvalue weighted by Gasteiger charge is 2.44. The molecular formula is C15H25N3O3. The Kier molecular flexibility index (Phi) is 4.03. The average molecular weight is 295 g/mol. The van der Waals surface area contributed by atoms with Crippen molar-refractivity contribution in [3.63, 3.8) is 0 Å². The van der Waals surface area contributed by atoms with Gasteiger partial charge in [0.05, 0.1) is 0 Å². The van der Waals surface area contributed by atoms with Gasteiger partial charge in [-0.05, 0) is 44.6 Å². The molecule has 2 N–H and O–H groups in total. The number of nitrogens with one attached hydrogen (secondary N) is 1. The molecule has 1 aliphatic carbocycles. The molecule has 118 valence electrons. The van der Waals surface area contributed by atoms with Crippen LogP contribution in [0.4, 0.5) is 0 Å². The number of methoxy groups -OCH3 is 1. The van der Waals surface area contributed by atoms with E-state index in [0.29, 0.717) is 30.6 Å². The molecule has 1 saturated carbocycles. The molecule has 1 aliphatic heterocycles. The van der Waals surface area contributed by atoms with Gasteiger partial charge in [-0.25, -0.2) is 0 Å². The molecule has 21 heavy (non-hydrogen) atoms. The van der Waals surface area contributed by atoms with Crippen molar-refractivity contribution in [2.24, 2.45) is 5.92 Å². The van der Waals surface area contributed by atoms with E-state index in [1.807, 2.05) is 0 Å². The molecule has 1 aromatic rings. The van der Waals surface area contributed by atoms with Crippen molar-refractivity contribution in [1.82, 2.24) is 15.5 Å². The van der Waals surface area contributed by atoms with E-state index < -0.39 is 11.2 Å². The van der Waals surface area contributed by atoms with Crippen molar-refractivity contribution in [3.05, 3.63) is 11.7 Å². The second-order valence-corrected chi connectivity index (χ2v) is 6.63. The van der Waals surface area contributed by atoms with E-state index in [1.54, 1.807) is 7.11 Å². The Labute approximate surface area is 125 Å². The maximum atomic E-state index is 10.7. The van der Waals surface area contributed by atoms with Crippen molar-refractivity contribution in [3.8, 4) is 0 Å². The number of aliphatic hydroxyl groups is 1. The number of rotatable bonds is 3. The van der Waals surface area contributed by atoms with Crippen molar-refractivity contribution >= 4 is 0 Å². The van der Waals surface area contributed by atoms with Crippen LogP contribution < -0.4 is 5.32 Å². The summed E-state index contributed by atoms with van der Waals surface area (Å²) in [5, 5.41) is 18.0. The molecule has 2 heterocycles. The monoisotopic (exact) mass is 295 g/mol. The molecule has 6 heteroatoms. The Balaban J connectivity index is 1.86. The topological polar surface area (TPSA) is 80.4 Å². The minimum Gasteiger partial charge on any atom is -0.379 e. The van der Waals surface area contributed by atoms with E-state index in [4.69, 9.17) is 9.26 Å². The van der Waals surface area contributed by atoms with Gasteiger partial charge in [-0.2, -0.15) is 4.98 Å². The number of β-amino-alcohol motifs (C(OH)–C–C–N with tert-alkyl or cyclic N) is 1. The first kappa shape index (κ1) is 14.9. The van der Waals surface area contributed by atoms with Crippen LogP contribution in [-0.4, -0.2) is 35.4 Å². The van der Waals surface area contributed by atoms with Gasteiger partial charge in [0.2, 0.25) is 5.82 Å². The molecule has 0 radical (unpaired) electrons. The van der Waals surface area contributed by atoms with Gasteiger partial charge in [-0.3, -0.25) is 0 Å². The summed E-state index contributed by atoms with van der Waals surface area (Å²) in [5.41, 5.74) is -1.50. The van der Waals surface area contributed by atoms with Gasteiger partial charge in [-0.15, -0.1) is 0 Å². The van der Waals surface area contributed by atoms with Gasteiger partial charge in [0.25, 0.3) is 5.89 Å². The maximum Gasteiger partial charge on any atom is 0.260 e. The van der Waals surface area contributed by atoms with E-state index in [9.17, 15) is 5.11 Å². The quantitative estimate of drug-likeness (QED) is 0.883. The number of aromatic nitrogens is 2. The van der Waals surface area contributed by atoms with Crippen LogP contribution >= 0.6 is 0 Å². The predicted molar refractivity (Wildman–Crippen MR) is 76.6 cm³/mol. The molecule has 2 fully saturated rings. The predicted octanol–water partition coefficient (Wildman–Crippen LogP) is 1.69. The maximum absolute atomic E-state index is 10.7. The van der Waals surface area contributed by atoms with Gasteiger partial charge >= 0.3 is 0 Å². The van der Waals surface area contributed by atoms with Crippen LogP contribution in [0, 0.1) is 5.92 Å². The first-order valence-electron chi connectivity index (χ1n) is 7.91. The third-order valence-corrected chi connectivity index (χ3v) is 4.94. The minimum absolute atomic E-state index is 0.319. The third-order valence-electron chi connectivity index (χ3n) is 4.94. The fourth-order valence-corrected chi connectivity index (χ4v) is 3.65. The van der Waals surface area contributed by atoms with E-state index in [1.165, 1.54) is 6.42 Å². The Hall–Kier alpha value is -0.980. The summed E-state index contributed by atoms with van der Waals surface area (Å²) in [6.45, 7) is 3.61. The molecule has 2 aliphatic rings. The number of nitrogens with zero attached hydrogens (tertiary/aromatic N) is 2. The van der Waals surface area contributed by atoms with Crippen LogP contribution in [-0.2, 0) is 15.9 Å². The highest BCUT2D eigenvalue weighted by Crippen LogP contribution is 2.42. The molecule has 0 bridgehead atoms. The zero-order valence-electron chi connectivity index (χ0n) is 12.9. The number of hydrogen-bond acceptors (Lipinski definition) is 6. The lowest BCUT2D eigenvalue weighted by atomic mass is 9.78. The Bertz CT molecular complexity index is 484. The zero-order valence-corrected chi connectivity index (χ0v) is 12.9. The molecule has 3 rings (SSSR count). The van der Waals surface area contributed by atoms with E-state index in [0.717, 1.165) is 32.2 Å². The van der Waals surface area contributed by atoms with Gasteiger partial charge in [0, 0.05) is 13.7 Å². The van der Waals surface area contributed by atoms with Crippen molar-refractivity contribution < 1.29 is 14.4 Å². The number of ether oxygens (including phenoxy) is 1. The smallest absolute Gasteiger partial charge is 0.260 e. The van der Waals surface area contributed by atoms with Crippen LogP contribution in [0.3, 0.4) is 0 Å². The SMILES string of the molecule is COC1(c2noc(C3(O)CCCNC3)n2)CCCC(C)C1. The molecular weight excluding hydrogens is 270 g/mol. The fraction of sp³-hybridized carbons (Fsp3) is 0.867. The van der Waals surface area contributed by atoms with Crippen molar-refractivity contribution in [1.29, 1.82) is 0 Å². The molecule has 0 spiro atoms. The Morgan fingerprint density at radius 3 is 2.90 bits per heavy atom.